The first-order valence-electron chi connectivity index (χ1n) is 12.0. The summed E-state index contributed by atoms with van der Waals surface area (Å²) in [6.07, 6.45) is 1.49. The van der Waals surface area contributed by atoms with Gasteiger partial charge in [0.1, 0.15) is 22.5 Å². The minimum atomic E-state index is -1.50. The monoisotopic (exact) mass is 491 g/mol. The summed E-state index contributed by atoms with van der Waals surface area (Å²) in [4.78, 5) is 26.4. The molecule has 36 heavy (non-hydrogen) atoms. The van der Waals surface area contributed by atoms with Crippen molar-refractivity contribution < 1.29 is 9.50 Å². The quantitative estimate of drug-likeness (QED) is 0.392. The van der Waals surface area contributed by atoms with E-state index in [2.05, 4.69) is 51.6 Å². The van der Waals surface area contributed by atoms with Gasteiger partial charge in [-0.05, 0) is 56.2 Å². The van der Waals surface area contributed by atoms with Gasteiger partial charge < -0.3 is 15.7 Å². The molecule has 3 N–H and O–H groups in total. The number of nitrogens with one attached hydrogen (secondary N) is 2. The predicted molar refractivity (Wildman–Crippen MR) is 136 cm³/mol. The Labute approximate surface area is 208 Å². The predicted octanol–water partition coefficient (Wildman–Crippen LogP) is 3.49. The number of halogens is 1. The molecular formula is C26H30FN7O2. The minimum Gasteiger partial charge on any atom is -0.384 e. The first-order chi connectivity index (χ1) is 17.0. The molecule has 0 atom stereocenters. The summed E-state index contributed by atoms with van der Waals surface area (Å²) in [5, 5.41) is 17.4. The topological polar surface area (TPSA) is 110 Å². The van der Waals surface area contributed by atoms with Crippen LogP contribution in [0.1, 0.15) is 51.4 Å². The Hall–Kier alpha value is -3.63. The van der Waals surface area contributed by atoms with E-state index in [9.17, 15) is 14.3 Å². The fraction of sp³-hybridized carbons (Fsp3) is 0.385. The highest BCUT2D eigenvalue weighted by atomic mass is 19.1. The van der Waals surface area contributed by atoms with E-state index in [1.807, 2.05) is 13.0 Å². The summed E-state index contributed by atoms with van der Waals surface area (Å²) in [5.41, 5.74) is 1.83. The van der Waals surface area contributed by atoms with Crippen LogP contribution in [0.3, 0.4) is 0 Å². The number of fused-ring (bicyclic) bond motifs is 2. The van der Waals surface area contributed by atoms with E-state index in [0.29, 0.717) is 23.5 Å². The van der Waals surface area contributed by atoms with Gasteiger partial charge in [0.2, 0.25) is 5.95 Å². The van der Waals surface area contributed by atoms with Crippen LogP contribution in [0.25, 0.3) is 16.9 Å². The number of anilines is 2. The summed E-state index contributed by atoms with van der Waals surface area (Å²) >= 11 is 0. The zero-order chi connectivity index (χ0) is 25.8. The zero-order valence-electron chi connectivity index (χ0n) is 21.1. The summed E-state index contributed by atoms with van der Waals surface area (Å²) in [6, 6.07) is 8.90. The van der Waals surface area contributed by atoms with Crippen molar-refractivity contribution >= 4 is 22.7 Å². The Bertz CT molecular complexity index is 1530. The summed E-state index contributed by atoms with van der Waals surface area (Å²) < 4.78 is 17.4. The molecule has 10 heteroatoms. The molecule has 0 fully saturated rings. The average molecular weight is 492 g/mol. The van der Waals surface area contributed by atoms with Crippen molar-refractivity contribution in [2.45, 2.75) is 58.7 Å². The second-order valence-electron chi connectivity index (χ2n) is 10.3. The van der Waals surface area contributed by atoms with Gasteiger partial charge in [0.05, 0.1) is 0 Å². The molecule has 3 aromatic heterocycles. The first kappa shape index (κ1) is 24.1. The average Bonchev–Trinajstić information content (AvgIpc) is 3.09. The summed E-state index contributed by atoms with van der Waals surface area (Å²) in [7, 11) is 0. The van der Waals surface area contributed by atoms with E-state index in [-0.39, 0.29) is 22.5 Å². The normalized spacial score (nSPS) is 15.2. The van der Waals surface area contributed by atoms with Crippen LogP contribution < -0.4 is 16.2 Å². The van der Waals surface area contributed by atoms with Gasteiger partial charge in [0.25, 0.3) is 5.56 Å². The highest BCUT2D eigenvalue weighted by molar-refractivity contribution is 5.77. The van der Waals surface area contributed by atoms with Crippen LogP contribution in [0, 0.1) is 5.82 Å². The molecule has 1 aliphatic rings. The van der Waals surface area contributed by atoms with Crippen LogP contribution in [0.2, 0.25) is 0 Å². The minimum absolute atomic E-state index is 0.0464. The molecular weight excluding hydrogens is 461 g/mol. The SMILES string of the molecule is CCn1c(=O)c2cnc(Nc3ccc4c(c3)CNCC4(C)C)nc2n1-c1ccc(F)c(C(C)(C)O)n1. The van der Waals surface area contributed by atoms with Gasteiger partial charge in [0.15, 0.2) is 11.5 Å². The lowest BCUT2D eigenvalue weighted by Crippen LogP contribution is -2.38. The Morgan fingerprint density at radius 1 is 1.22 bits per heavy atom. The van der Waals surface area contributed by atoms with Crippen molar-refractivity contribution in [3.8, 4) is 5.82 Å². The number of benzene rings is 1. The molecule has 188 valence electrons. The van der Waals surface area contributed by atoms with Crippen LogP contribution in [0.5, 0.6) is 0 Å². The van der Waals surface area contributed by atoms with Gasteiger partial charge in [-0.2, -0.15) is 4.98 Å². The van der Waals surface area contributed by atoms with Crippen LogP contribution in [-0.4, -0.2) is 36.0 Å². The first-order valence-corrected chi connectivity index (χ1v) is 12.0. The smallest absolute Gasteiger partial charge is 0.278 e. The lowest BCUT2D eigenvalue weighted by Gasteiger charge is -2.33. The fourth-order valence-electron chi connectivity index (χ4n) is 4.80. The fourth-order valence-corrected chi connectivity index (χ4v) is 4.80. The summed E-state index contributed by atoms with van der Waals surface area (Å²) in [6.45, 7) is 11.2. The second-order valence-corrected chi connectivity index (χ2v) is 10.3. The van der Waals surface area contributed by atoms with Crippen molar-refractivity contribution in [1.29, 1.82) is 0 Å². The molecule has 0 saturated heterocycles. The van der Waals surface area contributed by atoms with Gasteiger partial charge in [-0.25, -0.2) is 23.7 Å². The number of hydrogen-bond donors (Lipinski definition) is 3. The number of hydrogen-bond acceptors (Lipinski definition) is 7. The van der Waals surface area contributed by atoms with E-state index < -0.39 is 11.4 Å². The highest BCUT2D eigenvalue weighted by Gasteiger charge is 2.28. The molecule has 9 nitrogen and oxygen atoms in total. The van der Waals surface area contributed by atoms with Crippen LogP contribution in [0.4, 0.5) is 16.0 Å². The molecule has 0 aliphatic carbocycles. The number of aromatic nitrogens is 5. The molecule has 4 heterocycles. The Balaban J connectivity index is 1.60. The van der Waals surface area contributed by atoms with Gasteiger partial charge in [-0.1, -0.05) is 19.9 Å². The molecule has 5 rings (SSSR count). The zero-order valence-corrected chi connectivity index (χ0v) is 21.1. The van der Waals surface area contributed by atoms with Crippen molar-refractivity contribution in [2.75, 3.05) is 11.9 Å². The molecule has 0 spiro atoms. The van der Waals surface area contributed by atoms with E-state index in [4.69, 9.17) is 0 Å². The summed E-state index contributed by atoms with van der Waals surface area (Å²) in [5.74, 6) is -0.0401. The molecule has 0 amide bonds. The maximum Gasteiger partial charge on any atom is 0.278 e. The molecule has 1 aromatic carbocycles. The third-order valence-corrected chi connectivity index (χ3v) is 6.58. The highest BCUT2D eigenvalue weighted by Crippen LogP contribution is 2.32. The van der Waals surface area contributed by atoms with Crippen LogP contribution >= 0.6 is 0 Å². The molecule has 0 bridgehead atoms. The van der Waals surface area contributed by atoms with E-state index >= 15 is 0 Å². The lowest BCUT2D eigenvalue weighted by atomic mass is 9.79. The Morgan fingerprint density at radius 2 is 2.00 bits per heavy atom. The molecule has 1 aliphatic heterocycles. The number of nitrogens with zero attached hydrogens (tertiary/aromatic N) is 5. The number of pyridine rings is 1. The lowest BCUT2D eigenvalue weighted by molar-refractivity contribution is 0.0694. The Morgan fingerprint density at radius 3 is 2.72 bits per heavy atom. The maximum absolute atomic E-state index is 14.4. The van der Waals surface area contributed by atoms with Gasteiger partial charge in [-0.15, -0.1) is 0 Å². The third-order valence-electron chi connectivity index (χ3n) is 6.58. The van der Waals surface area contributed by atoms with Gasteiger partial charge >= 0.3 is 0 Å². The van der Waals surface area contributed by atoms with Crippen molar-refractivity contribution in [3.63, 3.8) is 0 Å². The van der Waals surface area contributed by atoms with Crippen LogP contribution in [0.15, 0.2) is 41.3 Å². The number of aliphatic hydroxyl groups is 1. The largest absolute Gasteiger partial charge is 0.384 e. The van der Waals surface area contributed by atoms with Crippen molar-refractivity contribution in [3.05, 3.63) is 69.5 Å². The van der Waals surface area contributed by atoms with E-state index in [1.165, 1.54) is 48.0 Å². The molecule has 0 radical (unpaired) electrons. The van der Waals surface area contributed by atoms with Crippen molar-refractivity contribution in [1.82, 2.24) is 29.6 Å². The maximum atomic E-state index is 14.4. The standard InChI is InChI=1S/C26H30FN7O2/c1-6-33-23(35)17-13-29-24(30-16-7-8-18-15(11-16)12-28-14-25(18,2)3)32-22(17)34(33)20-10-9-19(27)21(31-20)26(4,5)36/h7-11,13,28,36H,6,12,14H2,1-5H3,(H,29,30,32). The van der Waals surface area contributed by atoms with E-state index in [0.717, 1.165) is 18.8 Å². The molecule has 0 unspecified atom stereocenters. The van der Waals surface area contributed by atoms with Crippen molar-refractivity contribution in [2.24, 2.45) is 0 Å². The molecule has 0 saturated carbocycles. The van der Waals surface area contributed by atoms with E-state index in [1.54, 1.807) is 4.68 Å². The third kappa shape index (κ3) is 4.06. The van der Waals surface area contributed by atoms with Gasteiger partial charge in [-0.3, -0.25) is 4.79 Å². The van der Waals surface area contributed by atoms with Crippen LogP contribution in [-0.2, 0) is 24.1 Å². The number of rotatable bonds is 5. The second kappa shape index (κ2) is 8.49. The molecule has 4 aromatic rings. The Kier molecular flexibility index (Phi) is 5.68. The van der Waals surface area contributed by atoms with Gasteiger partial charge in [0, 0.05) is 36.9 Å².